The van der Waals surface area contributed by atoms with Gasteiger partial charge in [0.05, 0.1) is 0 Å². The molecule has 0 amide bonds. The minimum absolute atomic E-state index is 0.742. The molecule has 1 aromatic heterocycles. The molecule has 0 spiro atoms. The van der Waals surface area contributed by atoms with E-state index in [4.69, 9.17) is 0 Å². The first-order valence-corrected chi connectivity index (χ1v) is 9.23. The third-order valence-corrected chi connectivity index (χ3v) is 5.79. The largest absolute Gasteiger partial charge is 0.361 e. The predicted octanol–water partition coefficient (Wildman–Crippen LogP) is 4.90. The van der Waals surface area contributed by atoms with Gasteiger partial charge in [-0.2, -0.15) is 0 Å². The van der Waals surface area contributed by atoms with Gasteiger partial charge in [-0.05, 0) is 74.2 Å². The van der Waals surface area contributed by atoms with Gasteiger partial charge in [0.1, 0.15) is 0 Å². The molecule has 1 unspecified atom stereocenters. The number of aryl methyl sites for hydroxylation is 1. The molecule has 1 saturated carbocycles. The van der Waals surface area contributed by atoms with E-state index in [1.807, 2.05) is 0 Å². The van der Waals surface area contributed by atoms with Gasteiger partial charge in [-0.25, -0.2) is 0 Å². The number of aromatic amines is 1. The first kappa shape index (κ1) is 14.3. The lowest BCUT2D eigenvalue weighted by atomic mass is 9.83. The molecule has 2 fully saturated rings. The minimum Gasteiger partial charge on any atom is -0.361 e. The van der Waals surface area contributed by atoms with Crippen LogP contribution in [0.5, 0.6) is 0 Å². The van der Waals surface area contributed by atoms with Crippen LogP contribution in [0.4, 0.5) is 0 Å². The van der Waals surface area contributed by atoms with Gasteiger partial charge in [0.15, 0.2) is 0 Å². The quantitative estimate of drug-likeness (QED) is 0.825. The monoisotopic (exact) mass is 296 g/mol. The molecule has 1 atom stereocenters. The van der Waals surface area contributed by atoms with Crippen LogP contribution in [0.1, 0.15) is 68.4 Å². The van der Waals surface area contributed by atoms with Crippen molar-refractivity contribution in [3.8, 4) is 0 Å². The molecule has 0 bridgehead atoms. The van der Waals surface area contributed by atoms with E-state index in [9.17, 15) is 0 Å². The van der Waals surface area contributed by atoms with Crippen LogP contribution in [-0.4, -0.2) is 17.6 Å². The number of hydrogen-bond donors (Lipinski definition) is 2. The van der Waals surface area contributed by atoms with Crippen molar-refractivity contribution in [3.05, 3.63) is 35.5 Å². The standard InChI is InChI=1S/C20H28N2/c1-2-5-15(6-3-1)16-9-11-20-19(13-16)17(14-22-20)8-10-18-7-4-12-21-18/h9,11,13-15,18,21-22H,1-8,10,12H2. The molecule has 1 aliphatic heterocycles. The second-order valence-corrected chi connectivity index (χ2v) is 7.29. The molecule has 2 aromatic rings. The third kappa shape index (κ3) is 2.94. The van der Waals surface area contributed by atoms with Crippen molar-refractivity contribution >= 4 is 10.9 Å². The van der Waals surface area contributed by atoms with Crippen molar-refractivity contribution in [2.75, 3.05) is 6.54 Å². The molecule has 1 aliphatic carbocycles. The molecule has 2 aliphatic rings. The zero-order valence-corrected chi connectivity index (χ0v) is 13.5. The van der Waals surface area contributed by atoms with Crippen LogP contribution in [0.3, 0.4) is 0 Å². The van der Waals surface area contributed by atoms with Gasteiger partial charge in [-0.15, -0.1) is 0 Å². The Balaban J connectivity index is 1.53. The van der Waals surface area contributed by atoms with Crippen molar-refractivity contribution < 1.29 is 0 Å². The van der Waals surface area contributed by atoms with Crippen LogP contribution in [-0.2, 0) is 6.42 Å². The lowest BCUT2D eigenvalue weighted by Gasteiger charge is -2.22. The topological polar surface area (TPSA) is 27.8 Å². The van der Waals surface area contributed by atoms with Crippen molar-refractivity contribution in [2.24, 2.45) is 0 Å². The fourth-order valence-electron chi connectivity index (χ4n) is 4.43. The van der Waals surface area contributed by atoms with E-state index in [1.54, 1.807) is 5.56 Å². The lowest BCUT2D eigenvalue weighted by Crippen LogP contribution is -2.21. The van der Waals surface area contributed by atoms with E-state index in [0.29, 0.717) is 0 Å². The highest BCUT2D eigenvalue weighted by Crippen LogP contribution is 2.34. The number of fused-ring (bicyclic) bond motifs is 1. The number of hydrogen-bond acceptors (Lipinski definition) is 1. The highest BCUT2D eigenvalue weighted by molar-refractivity contribution is 5.84. The Morgan fingerprint density at radius 2 is 1.91 bits per heavy atom. The summed E-state index contributed by atoms with van der Waals surface area (Å²) in [5, 5.41) is 5.09. The molecule has 118 valence electrons. The smallest absolute Gasteiger partial charge is 0.0456 e. The van der Waals surface area contributed by atoms with Crippen LogP contribution in [0.2, 0.25) is 0 Å². The summed E-state index contributed by atoms with van der Waals surface area (Å²) in [4.78, 5) is 3.47. The van der Waals surface area contributed by atoms with Crippen LogP contribution in [0.15, 0.2) is 24.4 Å². The van der Waals surface area contributed by atoms with Crippen molar-refractivity contribution in [2.45, 2.75) is 69.7 Å². The second kappa shape index (κ2) is 6.45. The Hall–Kier alpha value is -1.28. The van der Waals surface area contributed by atoms with Gasteiger partial charge in [0, 0.05) is 23.1 Å². The molecule has 0 radical (unpaired) electrons. The average Bonchev–Trinajstić information content (AvgIpc) is 3.23. The van der Waals surface area contributed by atoms with Crippen LogP contribution >= 0.6 is 0 Å². The average molecular weight is 296 g/mol. The minimum atomic E-state index is 0.742. The Morgan fingerprint density at radius 1 is 1.00 bits per heavy atom. The van der Waals surface area contributed by atoms with Crippen molar-refractivity contribution in [3.63, 3.8) is 0 Å². The number of aromatic nitrogens is 1. The fourth-order valence-corrected chi connectivity index (χ4v) is 4.43. The zero-order chi connectivity index (χ0) is 14.8. The van der Waals surface area contributed by atoms with Crippen LogP contribution < -0.4 is 5.32 Å². The molecular formula is C20H28N2. The maximum atomic E-state index is 3.62. The van der Waals surface area contributed by atoms with Crippen LogP contribution in [0, 0.1) is 0 Å². The van der Waals surface area contributed by atoms with Gasteiger partial charge in [0.25, 0.3) is 0 Å². The number of H-pyrrole nitrogens is 1. The van der Waals surface area contributed by atoms with E-state index < -0.39 is 0 Å². The third-order valence-electron chi connectivity index (χ3n) is 5.79. The molecular weight excluding hydrogens is 268 g/mol. The SMILES string of the molecule is c1cc2[nH]cc(CCC3CCCN3)c2cc1C1CCCCC1. The first-order chi connectivity index (χ1) is 10.9. The van der Waals surface area contributed by atoms with Gasteiger partial charge in [-0.3, -0.25) is 0 Å². The summed E-state index contributed by atoms with van der Waals surface area (Å²) in [5.41, 5.74) is 4.40. The Morgan fingerprint density at radius 3 is 2.73 bits per heavy atom. The molecule has 2 heterocycles. The highest BCUT2D eigenvalue weighted by Gasteiger charge is 2.17. The maximum Gasteiger partial charge on any atom is 0.0456 e. The molecule has 2 N–H and O–H groups in total. The molecule has 2 nitrogen and oxygen atoms in total. The summed E-state index contributed by atoms with van der Waals surface area (Å²) in [7, 11) is 0. The van der Waals surface area contributed by atoms with Gasteiger partial charge in [0.2, 0.25) is 0 Å². The Kier molecular flexibility index (Phi) is 4.20. The maximum absolute atomic E-state index is 3.62. The summed E-state index contributed by atoms with van der Waals surface area (Å²) in [6.07, 6.45) is 14.5. The summed E-state index contributed by atoms with van der Waals surface area (Å²) < 4.78 is 0. The molecule has 22 heavy (non-hydrogen) atoms. The van der Waals surface area contributed by atoms with E-state index in [1.165, 1.54) is 80.8 Å². The van der Waals surface area contributed by atoms with E-state index in [0.717, 1.165) is 12.0 Å². The Bertz CT molecular complexity index is 616. The van der Waals surface area contributed by atoms with E-state index in [-0.39, 0.29) is 0 Å². The van der Waals surface area contributed by atoms with Gasteiger partial charge >= 0.3 is 0 Å². The zero-order valence-electron chi connectivity index (χ0n) is 13.5. The molecule has 4 rings (SSSR count). The number of nitrogens with one attached hydrogen (secondary N) is 2. The summed E-state index contributed by atoms with van der Waals surface area (Å²) >= 11 is 0. The fraction of sp³-hybridized carbons (Fsp3) is 0.600. The normalized spacial score (nSPS) is 23.4. The number of benzene rings is 1. The molecule has 1 saturated heterocycles. The highest BCUT2D eigenvalue weighted by atomic mass is 14.9. The van der Waals surface area contributed by atoms with E-state index in [2.05, 4.69) is 34.7 Å². The second-order valence-electron chi connectivity index (χ2n) is 7.29. The number of rotatable bonds is 4. The summed E-state index contributed by atoms with van der Waals surface area (Å²) in [6, 6.07) is 7.89. The van der Waals surface area contributed by atoms with Gasteiger partial charge < -0.3 is 10.3 Å². The molecule has 1 aromatic carbocycles. The summed E-state index contributed by atoms with van der Waals surface area (Å²) in [6.45, 7) is 1.21. The predicted molar refractivity (Wildman–Crippen MR) is 93.5 cm³/mol. The lowest BCUT2D eigenvalue weighted by molar-refractivity contribution is 0.444. The van der Waals surface area contributed by atoms with Crippen molar-refractivity contribution in [1.82, 2.24) is 10.3 Å². The summed E-state index contributed by atoms with van der Waals surface area (Å²) in [5.74, 6) is 0.803. The van der Waals surface area contributed by atoms with Gasteiger partial charge in [-0.1, -0.05) is 25.3 Å². The van der Waals surface area contributed by atoms with E-state index >= 15 is 0 Å². The van der Waals surface area contributed by atoms with Crippen molar-refractivity contribution in [1.29, 1.82) is 0 Å². The molecule has 2 heteroatoms. The first-order valence-electron chi connectivity index (χ1n) is 9.23. The van der Waals surface area contributed by atoms with Crippen LogP contribution in [0.25, 0.3) is 10.9 Å². The Labute approximate surface area is 133 Å².